The molecule has 1 N–H and O–H groups in total. The molecule has 2 aliphatic carbocycles. The molecule has 2 saturated carbocycles. The second-order valence-electron chi connectivity index (χ2n) is 9.10. The van der Waals surface area contributed by atoms with Gasteiger partial charge in [-0.2, -0.15) is 0 Å². The molecule has 6 nitrogen and oxygen atoms in total. The average molecular weight is 386 g/mol. The van der Waals surface area contributed by atoms with Crippen LogP contribution >= 0.6 is 0 Å². The first-order valence-electron chi connectivity index (χ1n) is 10.4. The summed E-state index contributed by atoms with van der Waals surface area (Å²) in [5, 5.41) is 9.24. The Balaban J connectivity index is 1.59. The summed E-state index contributed by atoms with van der Waals surface area (Å²) in [6.45, 7) is 1.14. The van der Waals surface area contributed by atoms with Crippen LogP contribution in [0.4, 0.5) is 4.79 Å². The van der Waals surface area contributed by atoms with Crippen molar-refractivity contribution in [3.05, 3.63) is 35.9 Å². The van der Waals surface area contributed by atoms with Gasteiger partial charge >= 0.3 is 12.0 Å². The second-order valence-corrected chi connectivity index (χ2v) is 9.10. The van der Waals surface area contributed by atoms with Gasteiger partial charge < -0.3 is 14.9 Å². The molecule has 1 aromatic carbocycles. The van der Waals surface area contributed by atoms with Crippen molar-refractivity contribution < 1.29 is 14.7 Å². The molecule has 1 heterocycles. The number of hydrogen-bond donors (Lipinski definition) is 1. The van der Waals surface area contributed by atoms with E-state index >= 15 is 0 Å². The number of urea groups is 1. The lowest BCUT2D eigenvalue weighted by atomic mass is 9.68. The zero-order valence-electron chi connectivity index (χ0n) is 16.9. The number of carbonyl (C=O) groups is 2. The number of hydrogen-bond acceptors (Lipinski definition) is 3. The van der Waals surface area contributed by atoms with Crippen LogP contribution in [0.1, 0.15) is 44.1 Å². The molecule has 2 amide bonds. The molecule has 1 saturated heterocycles. The van der Waals surface area contributed by atoms with Crippen molar-refractivity contribution in [1.29, 1.82) is 0 Å². The number of amides is 2. The van der Waals surface area contributed by atoms with E-state index in [0.717, 1.165) is 32.2 Å². The molecule has 28 heavy (non-hydrogen) atoms. The third kappa shape index (κ3) is 3.28. The summed E-state index contributed by atoms with van der Waals surface area (Å²) < 4.78 is 0. The van der Waals surface area contributed by atoms with Crippen LogP contribution in [-0.4, -0.2) is 71.1 Å². The Morgan fingerprint density at radius 1 is 1.14 bits per heavy atom. The van der Waals surface area contributed by atoms with Gasteiger partial charge in [-0.3, -0.25) is 9.69 Å². The molecule has 1 aromatic rings. The van der Waals surface area contributed by atoms with E-state index < -0.39 is 5.97 Å². The highest BCUT2D eigenvalue weighted by atomic mass is 16.4. The summed E-state index contributed by atoms with van der Waals surface area (Å²) in [7, 11) is 4.28. The monoisotopic (exact) mass is 385 g/mol. The first-order valence-corrected chi connectivity index (χ1v) is 10.4. The molecular formula is C22H31N3O3. The standard InChI is InChI=1S/C22H31N3O3/c1-23(2)22(18-6-4-3-5-7-18)12-10-21(11-13-22)16-24(15-19(26)27)20(28)25(21)14-17-8-9-17/h3-7,17H,8-16H2,1-2H3,(H,26,27). The van der Waals surface area contributed by atoms with E-state index in [-0.39, 0.29) is 23.7 Å². The van der Waals surface area contributed by atoms with Crippen LogP contribution in [0.5, 0.6) is 0 Å². The molecular weight excluding hydrogens is 354 g/mol. The van der Waals surface area contributed by atoms with Crippen molar-refractivity contribution >= 4 is 12.0 Å². The highest BCUT2D eigenvalue weighted by Crippen LogP contribution is 2.49. The number of rotatable bonds is 6. The zero-order chi connectivity index (χ0) is 19.9. The Morgan fingerprint density at radius 3 is 2.32 bits per heavy atom. The molecule has 0 unspecified atom stereocenters. The maximum absolute atomic E-state index is 13.0. The molecule has 6 heteroatoms. The van der Waals surface area contributed by atoms with Gasteiger partial charge in [-0.25, -0.2) is 4.79 Å². The fourth-order valence-corrected chi connectivity index (χ4v) is 5.30. The predicted molar refractivity (Wildman–Crippen MR) is 107 cm³/mol. The summed E-state index contributed by atoms with van der Waals surface area (Å²) >= 11 is 0. The van der Waals surface area contributed by atoms with E-state index in [4.69, 9.17) is 0 Å². The third-order valence-electron chi connectivity index (χ3n) is 7.20. The average Bonchev–Trinajstić information content (AvgIpc) is 3.46. The molecule has 3 fully saturated rings. The topological polar surface area (TPSA) is 64.1 Å². The van der Waals surface area contributed by atoms with E-state index in [2.05, 4.69) is 43.3 Å². The van der Waals surface area contributed by atoms with E-state index in [1.54, 1.807) is 4.90 Å². The van der Waals surface area contributed by atoms with Crippen molar-refractivity contribution in [3.8, 4) is 0 Å². The minimum atomic E-state index is -0.931. The molecule has 152 valence electrons. The van der Waals surface area contributed by atoms with E-state index in [1.165, 1.54) is 18.4 Å². The number of carboxylic acids is 1. The Morgan fingerprint density at radius 2 is 1.79 bits per heavy atom. The lowest BCUT2D eigenvalue weighted by Gasteiger charge is -2.51. The SMILES string of the molecule is CN(C)C1(c2ccccc2)CCC2(CC1)CN(CC(=O)O)C(=O)N2CC1CC1. The zero-order valence-corrected chi connectivity index (χ0v) is 16.9. The van der Waals surface area contributed by atoms with Crippen LogP contribution in [0.25, 0.3) is 0 Å². The summed E-state index contributed by atoms with van der Waals surface area (Å²) in [6.07, 6.45) is 6.14. The number of benzene rings is 1. The predicted octanol–water partition coefficient (Wildman–Crippen LogP) is 2.99. The molecule has 4 rings (SSSR count). The largest absolute Gasteiger partial charge is 0.480 e. The van der Waals surface area contributed by atoms with Crippen LogP contribution < -0.4 is 0 Å². The normalized spacial score (nSPS) is 30.5. The number of carboxylic acid groups (broad SMARTS) is 1. The van der Waals surface area contributed by atoms with E-state index in [0.29, 0.717) is 12.5 Å². The van der Waals surface area contributed by atoms with Crippen LogP contribution in [0, 0.1) is 5.92 Å². The molecule has 0 aromatic heterocycles. The Labute approximate surface area is 167 Å². The maximum Gasteiger partial charge on any atom is 0.323 e. The van der Waals surface area contributed by atoms with Crippen LogP contribution in [0.2, 0.25) is 0 Å². The number of nitrogens with zero attached hydrogens (tertiary/aromatic N) is 3. The van der Waals surface area contributed by atoms with Gasteiger partial charge in [0.15, 0.2) is 0 Å². The quantitative estimate of drug-likeness (QED) is 0.818. The fraction of sp³-hybridized carbons (Fsp3) is 0.636. The minimum Gasteiger partial charge on any atom is -0.480 e. The second kappa shape index (κ2) is 7.07. The summed E-state index contributed by atoms with van der Waals surface area (Å²) in [5.41, 5.74) is 1.08. The van der Waals surface area contributed by atoms with Gasteiger partial charge in [-0.1, -0.05) is 30.3 Å². The summed E-state index contributed by atoms with van der Waals surface area (Å²) in [5.74, 6) is -0.334. The highest BCUT2D eigenvalue weighted by molar-refractivity contribution is 5.83. The van der Waals surface area contributed by atoms with E-state index in [1.807, 2.05) is 11.0 Å². The smallest absolute Gasteiger partial charge is 0.323 e. The van der Waals surface area contributed by atoms with Crippen LogP contribution in [0.3, 0.4) is 0 Å². The van der Waals surface area contributed by atoms with Gasteiger partial charge in [0.2, 0.25) is 0 Å². The lowest BCUT2D eigenvalue weighted by molar-refractivity contribution is -0.137. The van der Waals surface area contributed by atoms with E-state index in [9.17, 15) is 14.7 Å². The number of carbonyl (C=O) groups excluding carboxylic acids is 1. The van der Waals surface area contributed by atoms with Crippen molar-refractivity contribution in [2.24, 2.45) is 5.92 Å². The van der Waals surface area contributed by atoms with Crippen LogP contribution in [0.15, 0.2) is 30.3 Å². The van der Waals surface area contributed by atoms with Gasteiger partial charge in [0.05, 0.1) is 5.54 Å². The van der Waals surface area contributed by atoms with Crippen molar-refractivity contribution in [3.63, 3.8) is 0 Å². The molecule has 0 radical (unpaired) electrons. The first kappa shape index (κ1) is 19.2. The number of aliphatic carboxylic acids is 1. The van der Waals surface area contributed by atoms with Crippen LogP contribution in [-0.2, 0) is 10.3 Å². The molecule has 3 aliphatic rings. The molecule has 0 bridgehead atoms. The van der Waals surface area contributed by atoms with Gasteiger partial charge in [0.1, 0.15) is 6.54 Å². The van der Waals surface area contributed by atoms with Gasteiger partial charge in [-0.05, 0) is 64.1 Å². The summed E-state index contributed by atoms with van der Waals surface area (Å²) in [6, 6.07) is 10.6. The summed E-state index contributed by atoms with van der Waals surface area (Å²) in [4.78, 5) is 30.2. The van der Waals surface area contributed by atoms with Gasteiger partial charge in [-0.15, -0.1) is 0 Å². The molecule has 1 aliphatic heterocycles. The molecule has 0 atom stereocenters. The van der Waals surface area contributed by atoms with Crippen molar-refractivity contribution in [1.82, 2.24) is 14.7 Å². The van der Waals surface area contributed by atoms with Crippen molar-refractivity contribution in [2.75, 3.05) is 33.7 Å². The highest BCUT2D eigenvalue weighted by Gasteiger charge is 2.55. The minimum absolute atomic E-state index is 0.0268. The Hall–Kier alpha value is -2.08. The first-order chi connectivity index (χ1) is 13.4. The maximum atomic E-state index is 13.0. The molecule has 1 spiro atoms. The Bertz CT molecular complexity index is 737. The Kier molecular flexibility index (Phi) is 4.86. The van der Waals surface area contributed by atoms with Crippen molar-refractivity contribution in [2.45, 2.75) is 49.6 Å². The van der Waals surface area contributed by atoms with Gasteiger partial charge in [0, 0.05) is 18.6 Å². The lowest BCUT2D eigenvalue weighted by Crippen LogP contribution is -2.55. The third-order valence-corrected chi connectivity index (χ3v) is 7.20. The fourth-order valence-electron chi connectivity index (χ4n) is 5.30. The van der Waals surface area contributed by atoms with Gasteiger partial charge in [0.25, 0.3) is 0 Å².